The number of carbonyl (C=O) groups excluding carboxylic acids is 1. The first-order valence-electron chi connectivity index (χ1n) is 8.38. The Kier molecular flexibility index (Phi) is 7.38. The molecule has 1 amide bonds. The number of piperidine rings is 1. The van der Waals surface area contributed by atoms with E-state index in [1.807, 2.05) is 12.1 Å². The van der Waals surface area contributed by atoms with Gasteiger partial charge in [0.1, 0.15) is 11.8 Å². The zero-order valence-electron chi connectivity index (χ0n) is 14.0. The lowest BCUT2D eigenvalue weighted by Gasteiger charge is -2.31. The van der Waals surface area contributed by atoms with Gasteiger partial charge < -0.3 is 14.4 Å². The molecular formula is C18H23BrN2O3. The van der Waals surface area contributed by atoms with Gasteiger partial charge in [-0.1, -0.05) is 29.3 Å². The van der Waals surface area contributed by atoms with E-state index in [2.05, 4.69) is 28.9 Å². The van der Waals surface area contributed by atoms with Gasteiger partial charge in [0.05, 0.1) is 18.8 Å². The number of hydrogen-bond donors (Lipinski definition) is 0. The summed E-state index contributed by atoms with van der Waals surface area (Å²) in [6, 6.07) is 7.57. The van der Waals surface area contributed by atoms with E-state index < -0.39 is 0 Å². The van der Waals surface area contributed by atoms with Crippen LogP contribution in [0.1, 0.15) is 38.2 Å². The fourth-order valence-electron chi connectivity index (χ4n) is 2.60. The number of rotatable bonds is 6. The Bertz CT molecular complexity index is 592. The first-order valence-corrected chi connectivity index (χ1v) is 9.17. The first-order chi connectivity index (χ1) is 11.6. The predicted octanol–water partition coefficient (Wildman–Crippen LogP) is 4.35. The maximum absolute atomic E-state index is 11.9. The molecule has 1 aliphatic heterocycles. The van der Waals surface area contributed by atoms with Crippen LogP contribution in [-0.4, -0.2) is 37.3 Å². The smallest absolute Gasteiger partial charge is 0.409 e. The van der Waals surface area contributed by atoms with Crippen molar-refractivity contribution >= 4 is 22.0 Å². The second-order valence-electron chi connectivity index (χ2n) is 5.96. The summed E-state index contributed by atoms with van der Waals surface area (Å²) in [5.41, 5.74) is 0.529. The van der Waals surface area contributed by atoms with E-state index in [9.17, 15) is 4.79 Å². The molecule has 0 N–H and O–H groups in total. The van der Waals surface area contributed by atoms with Crippen LogP contribution in [0, 0.1) is 17.2 Å². The van der Waals surface area contributed by atoms with Gasteiger partial charge in [0.15, 0.2) is 0 Å². The highest BCUT2D eigenvalue weighted by atomic mass is 79.9. The lowest BCUT2D eigenvalue weighted by atomic mass is 9.98. The zero-order valence-corrected chi connectivity index (χ0v) is 15.5. The fraction of sp³-hybridized carbons (Fsp3) is 0.556. The molecule has 2 rings (SSSR count). The van der Waals surface area contributed by atoms with Crippen LogP contribution in [0.15, 0.2) is 22.7 Å². The zero-order chi connectivity index (χ0) is 17.4. The Morgan fingerprint density at radius 2 is 2.17 bits per heavy atom. The Morgan fingerprint density at radius 3 is 2.83 bits per heavy atom. The summed E-state index contributed by atoms with van der Waals surface area (Å²) in [7, 11) is 0. The third-order valence-electron chi connectivity index (χ3n) is 4.13. The van der Waals surface area contributed by atoms with Crippen LogP contribution in [0.3, 0.4) is 0 Å². The average Bonchev–Trinajstić information content (AvgIpc) is 2.61. The van der Waals surface area contributed by atoms with Gasteiger partial charge in [-0.15, -0.1) is 0 Å². The molecule has 0 atom stereocenters. The standard InChI is InChI=1S/C18H23BrN2O3/c1-2-3-10-23-18(22)21-8-6-14(7-9-21)13-24-17-5-4-16(19)11-15(17)12-20/h4-5,11,14H,2-3,6-10,13H2,1H3. The molecule has 1 fully saturated rings. The Morgan fingerprint density at radius 1 is 1.42 bits per heavy atom. The highest BCUT2D eigenvalue weighted by Gasteiger charge is 2.24. The van der Waals surface area contributed by atoms with Crippen molar-refractivity contribution in [1.82, 2.24) is 4.90 Å². The number of nitrogens with zero attached hydrogens (tertiary/aromatic N) is 2. The molecule has 5 nitrogen and oxygen atoms in total. The van der Waals surface area contributed by atoms with E-state index >= 15 is 0 Å². The van der Waals surface area contributed by atoms with Crippen LogP contribution < -0.4 is 4.74 Å². The third kappa shape index (κ3) is 5.41. The summed E-state index contributed by atoms with van der Waals surface area (Å²) in [5, 5.41) is 9.16. The van der Waals surface area contributed by atoms with Gasteiger partial charge in [0.25, 0.3) is 0 Å². The Hall–Kier alpha value is -1.74. The molecule has 0 saturated carbocycles. The molecule has 0 radical (unpaired) electrons. The number of benzene rings is 1. The summed E-state index contributed by atoms with van der Waals surface area (Å²) < 4.78 is 11.9. The van der Waals surface area contributed by atoms with Crippen LogP contribution >= 0.6 is 15.9 Å². The van der Waals surface area contributed by atoms with Gasteiger partial charge in [-0.05, 0) is 43.4 Å². The lowest BCUT2D eigenvalue weighted by molar-refractivity contribution is 0.0800. The number of nitriles is 1. The molecule has 0 aromatic heterocycles. The van der Waals surface area contributed by atoms with Crippen molar-refractivity contribution in [3.63, 3.8) is 0 Å². The second-order valence-corrected chi connectivity index (χ2v) is 6.88. The van der Waals surface area contributed by atoms with E-state index in [0.29, 0.717) is 43.5 Å². The molecular weight excluding hydrogens is 372 g/mol. The summed E-state index contributed by atoms with van der Waals surface area (Å²) in [5.74, 6) is 1.00. The summed E-state index contributed by atoms with van der Waals surface area (Å²) in [6.07, 6.45) is 3.50. The van der Waals surface area contributed by atoms with E-state index in [4.69, 9.17) is 14.7 Å². The van der Waals surface area contributed by atoms with Crippen molar-refractivity contribution in [3.05, 3.63) is 28.2 Å². The van der Waals surface area contributed by atoms with Gasteiger partial charge in [0, 0.05) is 17.6 Å². The normalized spacial score (nSPS) is 15.0. The van der Waals surface area contributed by atoms with Crippen molar-refractivity contribution in [2.24, 2.45) is 5.92 Å². The summed E-state index contributed by atoms with van der Waals surface area (Å²) >= 11 is 3.35. The van der Waals surface area contributed by atoms with Crippen molar-refractivity contribution in [2.45, 2.75) is 32.6 Å². The summed E-state index contributed by atoms with van der Waals surface area (Å²) in [4.78, 5) is 13.7. The summed E-state index contributed by atoms with van der Waals surface area (Å²) in [6.45, 7) is 4.53. The largest absolute Gasteiger partial charge is 0.492 e. The van der Waals surface area contributed by atoms with Crippen molar-refractivity contribution < 1.29 is 14.3 Å². The average molecular weight is 395 g/mol. The molecule has 1 heterocycles. The Balaban J connectivity index is 1.75. The van der Waals surface area contributed by atoms with E-state index in [1.54, 1.807) is 11.0 Å². The van der Waals surface area contributed by atoms with E-state index in [1.165, 1.54) is 0 Å². The molecule has 0 unspecified atom stereocenters. The minimum Gasteiger partial charge on any atom is -0.492 e. The van der Waals surface area contributed by atoms with Crippen molar-refractivity contribution in [2.75, 3.05) is 26.3 Å². The molecule has 0 spiro atoms. The van der Waals surface area contributed by atoms with Crippen LogP contribution in [0.2, 0.25) is 0 Å². The lowest BCUT2D eigenvalue weighted by Crippen LogP contribution is -2.40. The van der Waals surface area contributed by atoms with Gasteiger partial charge in [-0.3, -0.25) is 0 Å². The topological polar surface area (TPSA) is 62.6 Å². The van der Waals surface area contributed by atoms with E-state index in [0.717, 1.165) is 30.2 Å². The van der Waals surface area contributed by atoms with Gasteiger partial charge >= 0.3 is 6.09 Å². The quantitative estimate of drug-likeness (QED) is 0.672. The number of hydrogen-bond acceptors (Lipinski definition) is 4. The number of likely N-dealkylation sites (tertiary alicyclic amines) is 1. The molecule has 0 bridgehead atoms. The first kappa shape index (κ1) is 18.6. The molecule has 1 saturated heterocycles. The maximum atomic E-state index is 11.9. The molecule has 1 aromatic rings. The molecule has 1 aromatic carbocycles. The number of halogens is 1. The minimum atomic E-state index is -0.206. The van der Waals surface area contributed by atoms with E-state index in [-0.39, 0.29) is 6.09 Å². The minimum absolute atomic E-state index is 0.206. The van der Waals surface area contributed by atoms with Gasteiger partial charge in [0.2, 0.25) is 0 Å². The molecule has 0 aliphatic carbocycles. The fourth-order valence-corrected chi connectivity index (χ4v) is 2.96. The highest BCUT2D eigenvalue weighted by molar-refractivity contribution is 9.10. The predicted molar refractivity (Wildman–Crippen MR) is 94.9 cm³/mol. The van der Waals surface area contributed by atoms with Crippen LogP contribution in [0.25, 0.3) is 0 Å². The number of unbranched alkanes of at least 4 members (excludes halogenated alkanes) is 1. The van der Waals surface area contributed by atoms with Crippen molar-refractivity contribution in [1.29, 1.82) is 5.26 Å². The van der Waals surface area contributed by atoms with Crippen molar-refractivity contribution in [3.8, 4) is 11.8 Å². The number of amides is 1. The molecule has 6 heteroatoms. The monoisotopic (exact) mass is 394 g/mol. The van der Waals surface area contributed by atoms with Crippen LogP contribution in [0.4, 0.5) is 4.79 Å². The SMILES string of the molecule is CCCCOC(=O)N1CCC(COc2ccc(Br)cc2C#N)CC1. The van der Waals surface area contributed by atoms with Crippen LogP contribution in [0.5, 0.6) is 5.75 Å². The number of ether oxygens (including phenoxy) is 2. The second kappa shape index (κ2) is 9.53. The van der Waals surface area contributed by atoms with Gasteiger partial charge in [-0.25, -0.2) is 4.79 Å². The molecule has 130 valence electrons. The van der Waals surface area contributed by atoms with Crippen LogP contribution in [-0.2, 0) is 4.74 Å². The third-order valence-corrected chi connectivity index (χ3v) is 4.63. The Labute approximate surface area is 151 Å². The molecule has 24 heavy (non-hydrogen) atoms. The maximum Gasteiger partial charge on any atom is 0.409 e. The van der Waals surface area contributed by atoms with Gasteiger partial charge in [-0.2, -0.15) is 5.26 Å². The highest BCUT2D eigenvalue weighted by Crippen LogP contribution is 2.25. The number of carbonyl (C=O) groups is 1. The molecule has 1 aliphatic rings.